The van der Waals surface area contributed by atoms with Crippen molar-refractivity contribution in [1.82, 2.24) is 0 Å². The Morgan fingerprint density at radius 3 is 2.46 bits per heavy atom. The smallest absolute Gasteiger partial charge is 0.308 e. The molecule has 7 nitrogen and oxygen atoms in total. The van der Waals surface area contributed by atoms with Crippen LogP contribution < -0.4 is 0 Å². The molecule has 0 bridgehead atoms. The Morgan fingerprint density at radius 1 is 1.15 bits per heavy atom. The molecule has 2 N–H and O–H groups in total. The van der Waals surface area contributed by atoms with Gasteiger partial charge in [-0.15, -0.1) is 0 Å². The number of hydrogen-bond donors (Lipinski definition) is 2. The number of carbonyl (C=O) groups is 2. The van der Waals surface area contributed by atoms with Crippen molar-refractivity contribution in [1.29, 1.82) is 0 Å². The van der Waals surface area contributed by atoms with E-state index in [1.165, 1.54) is 5.57 Å². The second-order valence-electron chi connectivity index (χ2n) is 15.7. The minimum absolute atomic E-state index is 0.00929. The number of allylic oxidation sites excluding steroid dienone is 3. The topological polar surface area (TPSA) is 106 Å². The normalized spacial score (nSPS) is 49.9. The molecule has 13 atom stereocenters. The van der Waals surface area contributed by atoms with E-state index in [9.17, 15) is 19.8 Å². The van der Waals surface area contributed by atoms with Gasteiger partial charge in [0.05, 0.1) is 23.7 Å². The van der Waals surface area contributed by atoms with Gasteiger partial charge >= 0.3 is 5.97 Å². The molecule has 7 heteroatoms. The summed E-state index contributed by atoms with van der Waals surface area (Å²) in [5.41, 5.74) is -0.391. The van der Waals surface area contributed by atoms with Crippen LogP contribution in [0, 0.1) is 51.8 Å². The zero-order chi connectivity index (χ0) is 29.9. The van der Waals surface area contributed by atoms with Crippen LogP contribution in [0.15, 0.2) is 23.8 Å². The maximum atomic E-state index is 13.4. The lowest BCUT2D eigenvalue weighted by Crippen LogP contribution is -2.63. The third kappa shape index (κ3) is 4.27. The number of esters is 1. The molecular formula is C34H50O7. The number of ketones is 1. The van der Waals surface area contributed by atoms with Gasteiger partial charge in [0.1, 0.15) is 12.2 Å². The largest absolute Gasteiger partial charge is 0.462 e. The number of carbonyl (C=O) groups excluding carboxylic acids is 2. The van der Waals surface area contributed by atoms with Crippen LogP contribution in [0.2, 0.25) is 0 Å². The second kappa shape index (κ2) is 9.48. The summed E-state index contributed by atoms with van der Waals surface area (Å²) in [4.78, 5) is 26.4. The lowest BCUT2D eigenvalue weighted by atomic mass is 9.42. The second-order valence-corrected chi connectivity index (χ2v) is 15.7. The van der Waals surface area contributed by atoms with Gasteiger partial charge in [-0.05, 0) is 74.7 Å². The Morgan fingerprint density at radius 2 is 1.83 bits per heavy atom. The molecule has 0 radical (unpaired) electrons. The number of aliphatic hydroxyl groups is 2. The molecule has 0 aromatic rings. The van der Waals surface area contributed by atoms with Gasteiger partial charge < -0.3 is 24.4 Å². The van der Waals surface area contributed by atoms with Crippen LogP contribution in [0.25, 0.3) is 0 Å². The van der Waals surface area contributed by atoms with Crippen LogP contribution >= 0.6 is 0 Å². The predicted molar refractivity (Wildman–Crippen MR) is 153 cm³/mol. The van der Waals surface area contributed by atoms with E-state index in [2.05, 4.69) is 39.8 Å². The number of epoxide rings is 1. The van der Waals surface area contributed by atoms with Gasteiger partial charge in [-0.3, -0.25) is 9.59 Å². The maximum absolute atomic E-state index is 13.4. The van der Waals surface area contributed by atoms with Crippen LogP contribution in [0.3, 0.4) is 0 Å². The van der Waals surface area contributed by atoms with Gasteiger partial charge in [0.25, 0.3) is 0 Å². The Bertz CT molecular complexity index is 1170. The van der Waals surface area contributed by atoms with E-state index in [1.54, 1.807) is 6.08 Å². The van der Waals surface area contributed by atoms with Crippen LogP contribution in [-0.4, -0.2) is 58.3 Å². The first-order valence-electron chi connectivity index (χ1n) is 15.9. The van der Waals surface area contributed by atoms with Gasteiger partial charge in [-0.25, -0.2) is 0 Å². The number of ether oxygens (including phenoxy) is 3. The zero-order valence-electron chi connectivity index (χ0n) is 26.1. The fraction of sp³-hybridized carbons (Fsp3) is 0.824. The van der Waals surface area contributed by atoms with Gasteiger partial charge in [0, 0.05) is 23.2 Å². The van der Waals surface area contributed by atoms with Crippen molar-refractivity contribution in [3.8, 4) is 0 Å². The molecule has 228 valence electrons. The third-order valence-electron chi connectivity index (χ3n) is 12.7. The minimum Gasteiger partial charge on any atom is -0.462 e. The Kier molecular flexibility index (Phi) is 6.83. The van der Waals surface area contributed by atoms with Crippen LogP contribution in [0.4, 0.5) is 0 Å². The molecule has 6 aliphatic rings. The Labute approximate surface area is 245 Å². The average molecular weight is 571 g/mol. The predicted octanol–water partition coefficient (Wildman–Crippen LogP) is 4.99. The first-order valence-corrected chi connectivity index (χ1v) is 15.9. The quantitative estimate of drug-likeness (QED) is 0.273. The van der Waals surface area contributed by atoms with Crippen LogP contribution in [0.1, 0.15) is 87.5 Å². The van der Waals surface area contributed by atoms with Gasteiger partial charge in [0.2, 0.25) is 0 Å². The van der Waals surface area contributed by atoms with Crippen molar-refractivity contribution in [3.63, 3.8) is 0 Å². The summed E-state index contributed by atoms with van der Waals surface area (Å²) >= 11 is 0. The van der Waals surface area contributed by atoms with E-state index in [0.717, 1.165) is 12.8 Å². The number of rotatable bonds is 5. The molecule has 1 unspecified atom stereocenters. The summed E-state index contributed by atoms with van der Waals surface area (Å²) in [6, 6.07) is 0. The summed E-state index contributed by atoms with van der Waals surface area (Å²) in [6.45, 7) is 16.5. The van der Waals surface area contributed by atoms with Crippen molar-refractivity contribution in [2.24, 2.45) is 51.8 Å². The SMILES string of the molecule is CCC(C)C(=O)O[C@@H]1C[C@]2(C)C(=CC[C@H]2[C@@H]2C[C@H]([C@@H]3OC3(C)C)O[C@@H]2O)[C@H]2[C@H]1[C@@]1(C)C=CC(=O)C(C)(C)[C@@H]1C[C@H]2O. The van der Waals surface area contributed by atoms with E-state index in [1.807, 2.05) is 27.7 Å². The lowest BCUT2D eigenvalue weighted by molar-refractivity contribution is -0.191. The number of aliphatic hydroxyl groups excluding tert-OH is 2. The first kappa shape index (κ1) is 29.5. The van der Waals surface area contributed by atoms with Gasteiger partial charge in [-0.2, -0.15) is 0 Å². The fourth-order valence-electron chi connectivity index (χ4n) is 10.1. The standard InChI is InChI=1S/C34H50O7/c1-9-17(2)29(37)40-23-16-34(8)19(18-14-22(39-30(18)38)28-32(5,6)41-28)10-11-20(34)26-21(35)15-24-31(3,4)25(36)12-13-33(24,7)27(23)26/h11-13,17-19,21-24,26-28,30,35,38H,9-10,14-16H2,1-8H3/t17?,18-,19-,21+,22+,23+,24-,26+,27-,28-,30-,33-,34-/m0/s1. The van der Waals surface area contributed by atoms with Crippen LogP contribution in [-0.2, 0) is 23.8 Å². The van der Waals surface area contributed by atoms with E-state index < -0.39 is 29.3 Å². The van der Waals surface area contributed by atoms with Crippen molar-refractivity contribution in [2.75, 3.05) is 0 Å². The summed E-state index contributed by atoms with van der Waals surface area (Å²) in [5.74, 6) is -0.708. The summed E-state index contributed by atoms with van der Waals surface area (Å²) in [5, 5.41) is 23.1. The monoisotopic (exact) mass is 570 g/mol. The molecular weight excluding hydrogens is 520 g/mol. The molecule has 41 heavy (non-hydrogen) atoms. The van der Waals surface area contributed by atoms with Crippen molar-refractivity contribution < 1.29 is 34.0 Å². The van der Waals surface area contributed by atoms with E-state index >= 15 is 0 Å². The molecule has 0 spiro atoms. The van der Waals surface area contributed by atoms with Crippen molar-refractivity contribution in [3.05, 3.63) is 23.8 Å². The minimum atomic E-state index is -0.875. The Hall–Kier alpha value is -1.54. The molecule has 2 heterocycles. The third-order valence-corrected chi connectivity index (χ3v) is 12.7. The molecule has 2 saturated heterocycles. The van der Waals surface area contributed by atoms with Crippen LogP contribution in [0.5, 0.6) is 0 Å². The number of hydrogen-bond acceptors (Lipinski definition) is 7. The van der Waals surface area contributed by atoms with Crippen molar-refractivity contribution in [2.45, 2.75) is 124 Å². The highest BCUT2D eigenvalue weighted by atomic mass is 16.7. The highest BCUT2D eigenvalue weighted by Crippen LogP contribution is 2.68. The number of fused-ring (bicyclic) bond motifs is 5. The van der Waals surface area contributed by atoms with Gasteiger partial charge in [-0.1, -0.05) is 59.3 Å². The summed E-state index contributed by atoms with van der Waals surface area (Å²) in [7, 11) is 0. The first-order chi connectivity index (χ1) is 19.1. The zero-order valence-corrected chi connectivity index (χ0v) is 26.1. The molecule has 6 rings (SSSR count). The molecule has 2 saturated carbocycles. The maximum Gasteiger partial charge on any atom is 0.308 e. The van der Waals surface area contributed by atoms with E-state index in [4.69, 9.17) is 14.2 Å². The highest BCUT2D eigenvalue weighted by Gasteiger charge is 2.67. The van der Waals surface area contributed by atoms with E-state index in [-0.39, 0.29) is 70.5 Å². The summed E-state index contributed by atoms with van der Waals surface area (Å²) in [6.07, 6.45) is 7.38. The Balaban J connectivity index is 1.38. The molecule has 4 fully saturated rings. The molecule has 4 aliphatic carbocycles. The molecule has 2 aliphatic heterocycles. The molecule has 0 aromatic heterocycles. The van der Waals surface area contributed by atoms with E-state index in [0.29, 0.717) is 19.3 Å². The van der Waals surface area contributed by atoms with Crippen molar-refractivity contribution >= 4 is 11.8 Å². The lowest BCUT2D eigenvalue weighted by Gasteiger charge is -2.63. The average Bonchev–Trinajstić information content (AvgIpc) is 3.19. The fourth-order valence-corrected chi connectivity index (χ4v) is 10.1. The molecule has 0 aromatic carbocycles. The van der Waals surface area contributed by atoms with Gasteiger partial charge in [0.15, 0.2) is 12.1 Å². The highest BCUT2D eigenvalue weighted by molar-refractivity contribution is 5.95. The summed E-state index contributed by atoms with van der Waals surface area (Å²) < 4.78 is 18.4. The molecule has 0 amide bonds.